The standard InChI is InChI=1S/C13H17NO2/c1-3-13(15)9-11(2)14-16-10-12-7-5-4-6-8-12/h4-8H,3,9-10H2,1-2H3. The smallest absolute Gasteiger partial charge is 0.142 e. The highest BCUT2D eigenvalue weighted by Gasteiger charge is 2.01. The molecule has 3 nitrogen and oxygen atoms in total. The van der Waals surface area contributed by atoms with Crippen LogP contribution in [0.5, 0.6) is 0 Å². The predicted octanol–water partition coefficient (Wildman–Crippen LogP) is 2.95. The zero-order valence-electron chi connectivity index (χ0n) is 9.77. The van der Waals surface area contributed by atoms with Crippen molar-refractivity contribution in [1.82, 2.24) is 0 Å². The van der Waals surface area contributed by atoms with Crippen LogP contribution in [0.25, 0.3) is 0 Å². The summed E-state index contributed by atoms with van der Waals surface area (Å²) in [6.07, 6.45) is 0.927. The van der Waals surface area contributed by atoms with E-state index in [0.29, 0.717) is 19.4 Å². The van der Waals surface area contributed by atoms with E-state index in [1.165, 1.54) is 0 Å². The van der Waals surface area contributed by atoms with Crippen molar-refractivity contribution in [3.63, 3.8) is 0 Å². The van der Waals surface area contributed by atoms with Gasteiger partial charge in [-0.1, -0.05) is 42.4 Å². The average Bonchev–Trinajstić information content (AvgIpc) is 2.30. The topological polar surface area (TPSA) is 38.7 Å². The number of hydrogen-bond donors (Lipinski definition) is 0. The first kappa shape index (κ1) is 12.4. The second-order valence-electron chi connectivity index (χ2n) is 3.65. The monoisotopic (exact) mass is 219 g/mol. The highest BCUT2D eigenvalue weighted by atomic mass is 16.6. The van der Waals surface area contributed by atoms with Crippen LogP contribution in [0.1, 0.15) is 32.3 Å². The summed E-state index contributed by atoms with van der Waals surface area (Å²) in [7, 11) is 0. The van der Waals surface area contributed by atoms with Crippen molar-refractivity contribution >= 4 is 11.5 Å². The van der Waals surface area contributed by atoms with Gasteiger partial charge in [-0.05, 0) is 12.5 Å². The molecule has 16 heavy (non-hydrogen) atoms. The largest absolute Gasteiger partial charge is 0.391 e. The molecule has 0 saturated heterocycles. The Labute approximate surface area is 96.1 Å². The summed E-state index contributed by atoms with van der Waals surface area (Å²) in [6.45, 7) is 4.09. The lowest BCUT2D eigenvalue weighted by molar-refractivity contribution is -0.117. The summed E-state index contributed by atoms with van der Waals surface area (Å²) in [5.41, 5.74) is 1.80. The average molecular weight is 219 g/mol. The van der Waals surface area contributed by atoms with Crippen molar-refractivity contribution in [1.29, 1.82) is 0 Å². The Balaban J connectivity index is 2.34. The molecule has 0 aliphatic rings. The molecular weight excluding hydrogens is 202 g/mol. The van der Waals surface area contributed by atoms with Gasteiger partial charge in [0.05, 0.1) is 5.71 Å². The number of ketones is 1. The molecule has 1 aromatic carbocycles. The third-order valence-electron chi connectivity index (χ3n) is 2.14. The van der Waals surface area contributed by atoms with E-state index in [9.17, 15) is 4.79 Å². The molecule has 0 spiro atoms. The van der Waals surface area contributed by atoms with Crippen LogP contribution in [-0.2, 0) is 16.2 Å². The number of carbonyl (C=O) groups is 1. The van der Waals surface area contributed by atoms with Crippen LogP contribution < -0.4 is 0 Å². The number of carbonyl (C=O) groups excluding carboxylic acids is 1. The van der Waals surface area contributed by atoms with Gasteiger partial charge in [0, 0.05) is 12.8 Å². The van der Waals surface area contributed by atoms with Crippen LogP contribution in [0.3, 0.4) is 0 Å². The van der Waals surface area contributed by atoms with Crippen molar-refractivity contribution in [3.8, 4) is 0 Å². The molecule has 0 atom stereocenters. The van der Waals surface area contributed by atoms with Gasteiger partial charge in [0.25, 0.3) is 0 Å². The van der Waals surface area contributed by atoms with E-state index in [1.54, 1.807) is 6.92 Å². The molecule has 86 valence electrons. The Morgan fingerprint density at radius 3 is 2.62 bits per heavy atom. The Kier molecular flexibility index (Phi) is 5.26. The maximum Gasteiger partial charge on any atom is 0.142 e. The second kappa shape index (κ2) is 6.77. The first-order chi connectivity index (χ1) is 7.72. The molecule has 0 unspecified atom stereocenters. The predicted molar refractivity (Wildman–Crippen MR) is 64.3 cm³/mol. The van der Waals surface area contributed by atoms with Crippen LogP contribution in [-0.4, -0.2) is 11.5 Å². The number of Topliss-reactive ketones (excluding diaryl/α,β-unsaturated/α-hetero) is 1. The molecule has 0 saturated carbocycles. The minimum absolute atomic E-state index is 0.185. The third kappa shape index (κ3) is 4.73. The van der Waals surface area contributed by atoms with Crippen molar-refractivity contribution in [3.05, 3.63) is 35.9 Å². The maximum atomic E-state index is 11.1. The van der Waals surface area contributed by atoms with Gasteiger partial charge < -0.3 is 4.84 Å². The molecule has 0 fully saturated rings. The molecule has 1 aromatic rings. The van der Waals surface area contributed by atoms with Crippen molar-refractivity contribution < 1.29 is 9.63 Å². The fraction of sp³-hybridized carbons (Fsp3) is 0.385. The van der Waals surface area contributed by atoms with Gasteiger partial charge in [0.2, 0.25) is 0 Å². The summed E-state index contributed by atoms with van der Waals surface area (Å²) >= 11 is 0. The van der Waals surface area contributed by atoms with Gasteiger partial charge in [-0.2, -0.15) is 0 Å². The molecule has 0 aliphatic heterocycles. The summed E-state index contributed by atoms with van der Waals surface area (Å²) < 4.78 is 0. The lowest BCUT2D eigenvalue weighted by atomic mass is 10.2. The van der Waals surface area contributed by atoms with E-state index in [-0.39, 0.29) is 5.78 Å². The lowest BCUT2D eigenvalue weighted by Crippen LogP contribution is -2.03. The molecule has 0 aromatic heterocycles. The Bertz CT molecular complexity index is 357. The van der Waals surface area contributed by atoms with Crippen molar-refractivity contribution in [2.45, 2.75) is 33.3 Å². The third-order valence-corrected chi connectivity index (χ3v) is 2.14. The van der Waals surface area contributed by atoms with E-state index in [1.807, 2.05) is 37.3 Å². The van der Waals surface area contributed by atoms with Crippen molar-refractivity contribution in [2.24, 2.45) is 5.16 Å². The number of oxime groups is 1. The summed E-state index contributed by atoms with van der Waals surface area (Å²) in [6, 6.07) is 9.81. The molecule has 0 aliphatic carbocycles. The summed E-state index contributed by atoms with van der Waals surface area (Å²) in [4.78, 5) is 16.3. The van der Waals surface area contributed by atoms with Crippen LogP contribution in [0.15, 0.2) is 35.5 Å². The number of nitrogens with zero attached hydrogens (tertiary/aromatic N) is 1. The molecule has 1 rings (SSSR count). The minimum atomic E-state index is 0.185. The van der Waals surface area contributed by atoms with E-state index < -0.39 is 0 Å². The summed E-state index contributed by atoms with van der Waals surface area (Å²) in [5, 5.41) is 3.90. The zero-order valence-corrected chi connectivity index (χ0v) is 9.77. The van der Waals surface area contributed by atoms with Crippen LogP contribution in [0.4, 0.5) is 0 Å². The molecule has 3 heteroatoms. The van der Waals surface area contributed by atoms with Crippen LogP contribution >= 0.6 is 0 Å². The second-order valence-corrected chi connectivity index (χ2v) is 3.65. The zero-order chi connectivity index (χ0) is 11.8. The van der Waals surface area contributed by atoms with Crippen LogP contribution in [0, 0.1) is 0 Å². The summed E-state index contributed by atoms with van der Waals surface area (Å²) in [5.74, 6) is 0.185. The quantitative estimate of drug-likeness (QED) is 0.545. The molecule has 0 radical (unpaired) electrons. The molecule has 0 bridgehead atoms. The normalized spacial score (nSPS) is 11.2. The highest BCUT2D eigenvalue weighted by molar-refractivity contribution is 6.00. The Morgan fingerprint density at radius 2 is 2.00 bits per heavy atom. The van der Waals surface area contributed by atoms with Gasteiger partial charge in [0.1, 0.15) is 12.4 Å². The van der Waals surface area contributed by atoms with Gasteiger partial charge in [-0.3, -0.25) is 4.79 Å². The van der Waals surface area contributed by atoms with Crippen molar-refractivity contribution in [2.75, 3.05) is 0 Å². The SMILES string of the molecule is CCC(=O)CC(C)=NOCc1ccccc1. The molecule has 0 heterocycles. The fourth-order valence-electron chi connectivity index (χ4n) is 1.23. The highest BCUT2D eigenvalue weighted by Crippen LogP contribution is 2.01. The molecule has 0 N–H and O–H groups in total. The van der Waals surface area contributed by atoms with Gasteiger partial charge in [-0.25, -0.2) is 0 Å². The Hall–Kier alpha value is -1.64. The number of benzene rings is 1. The molecular formula is C13H17NO2. The minimum Gasteiger partial charge on any atom is -0.391 e. The van der Waals surface area contributed by atoms with E-state index in [0.717, 1.165) is 11.3 Å². The first-order valence-electron chi connectivity index (χ1n) is 5.43. The van der Waals surface area contributed by atoms with Gasteiger partial charge >= 0.3 is 0 Å². The van der Waals surface area contributed by atoms with Crippen LogP contribution in [0.2, 0.25) is 0 Å². The van der Waals surface area contributed by atoms with Gasteiger partial charge in [-0.15, -0.1) is 0 Å². The lowest BCUT2D eigenvalue weighted by Gasteiger charge is -2.01. The van der Waals surface area contributed by atoms with E-state index >= 15 is 0 Å². The Morgan fingerprint density at radius 1 is 1.31 bits per heavy atom. The van der Waals surface area contributed by atoms with Gasteiger partial charge in [0.15, 0.2) is 0 Å². The first-order valence-corrected chi connectivity index (χ1v) is 5.43. The number of rotatable bonds is 6. The maximum absolute atomic E-state index is 11.1. The van der Waals surface area contributed by atoms with E-state index in [2.05, 4.69) is 5.16 Å². The fourth-order valence-corrected chi connectivity index (χ4v) is 1.23. The van der Waals surface area contributed by atoms with E-state index in [4.69, 9.17) is 4.84 Å². The molecule has 0 amide bonds. The number of hydrogen-bond acceptors (Lipinski definition) is 3.